The zero-order valence-electron chi connectivity index (χ0n) is 12.6. The summed E-state index contributed by atoms with van der Waals surface area (Å²) in [6, 6.07) is 2.34. The van der Waals surface area contributed by atoms with Crippen LogP contribution < -0.4 is 0 Å². The summed E-state index contributed by atoms with van der Waals surface area (Å²) in [5.41, 5.74) is 0.588. The lowest BCUT2D eigenvalue weighted by atomic mass is 10.2. The molecule has 0 unspecified atom stereocenters. The van der Waals surface area contributed by atoms with Crippen LogP contribution in [0.2, 0.25) is 0 Å². The van der Waals surface area contributed by atoms with Gasteiger partial charge in [-0.1, -0.05) is 6.07 Å². The second-order valence-corrected chi connectivity index (χ2v) is 8.26. The fourth-order valence-corrected chi connectivity index (χ4v) is 4.53. The number of hydrogen-bond acceptors (Lipinski definition) is 4. The van der Waals surface area contributed by atoms with Gasteiger partial charge in [0.2, 0.25) is 10.0 Å². The highest BCUT2D eigenvalue weighted by molar-refractivity contribution is 7.89. The fraction of sp³-hybridized carbons (Fsp3) is 0.357. The van der Waals surface area contributed by atoms with Crippen LogP contribution in [-0.2, 0) is 10.0 Å². The molecule has 8 heteroatoms. The van der Waals surface area contributed by atoms with E-state index < -0.39 is 32.6 Å². The summed E-state index contributed by atoms with van der Waals surface area (Å²) in [5, 5.41) is 0.808. The van der Waals surface area contributed by atoms with Gasteiger partial charge in [-0.3, -0.25) is 0 Å². The second kappa shape index (κ2) is 6.02. The zero-order chi connectivity index (χ0) is 16.7. The lowest BCUT2D eigenvalue weighted by Gasteiger charge is -2.24. The number of halogens is 2. The molecule has 1 aromatic carbocycles. The molecule has 0 N–H and O–H groups in total. The lowest BCUT2D eigenvalue weighted by Crippen LogP contribution is -2.31. The number of aryl methyl sites for hydroxylation is 2. The average Bonchev–Trinajstić information content (AvgIpc) is 2.75. The molecule has 2 rings (SSSR count). The van der Waals surface area contributed by atoms with Crippen molar-refractivity contribution < 1.29 is 17.2 Å². The van der Waals surface area contributed by atoms with Gasteiger partial charge in [0.05, 0.1) is 16.7 Å². The summed E-state index contributed by atoms with van der Waals surface area (Å²) in [4.78, 5) is 4.25. The summed E-state index contributed by atoms with van der Waals surface area (Å²) < 4.78 is 53.6. The minimum atomic E-state index is -4.31. The Morgan fingerprint density at radius 2 is 1.77 bits per heavy atom. The molecule has 0 aliphatic heterocycles. The Balaban J connectivity index is 2.47. The first kappa shape index (κ1) is 17.0. The SMILES string of the molecule is Cc1nc([C@H](C)N(C)S(=O)(=O)c2c(F)cccc2F)c(C)s1. The molecule has 0 radical (unpaired) electrons. The number of aromatic nitrogens is 1. The highest BCUT2D eigenvalue weighted by Crippen LogP contribution is 2.31. The van der Waals surface area contributed by atoms with Crippen molar-refractivity contribution in [3.05, 3.63) is 45.4 Å². The summed E-state index contributed by atoms with van der Waals surface area (Å²) in [6.45, 7) is 5.29. The maximum Gasteiger partial charge on any atom is 0.249 e. The summed E-state index contributed by atoms with van der Waals surface area (Å²) in [6.07, 6.45) is 0. The Morgan fingerprint density at radius 1 is 1.23 bits per heavy atom. The van der Waals surface area contributed by atoms with Crippen LogP contribution in [0.15, 0.2) is 23.1 Å². The van der Waals surface area contributed by atoms with E-state index in [0.29, 0.717) is 5.69 Å². The predicted molar refractivity (Wildman–Crippen MR) is 81.3 cm³/mol. The van der Waals surface area contributed by atoms with E-state index in [1.807, 2.05) is 13.8 Å². The van der Waals surface area contributed by atoms with Crippen molar-refractivity contribution in [3.8, 4) is 0 Å². The van der Waals surface area contributed by atoms with Crippen LogP contribution in [0.4, 0.5) is 8.78 Å². The first-order chi connectivity index (χ1) is 10.2. The molecule has 22 heavy (non-hydrogen) atoms. The summed E-state index contributed by atoms with van der Waals surface area (Å²) >= 11 is 1.45. The molecule has 0 bridgehead atoms. The lowest BCUT2D eigenvalue weighted by molar-refractivity contribution is 0.384. The van der Waals surface area contributed by atoms with Crippen LogP contribution in [0.1, 0.15) is 28.5 Å². The van der Waals surface area contributed by atoms with Crippen LogP contribution >= 0.6 is 11.3 Å². The van der Waals surface area contributed by atoms with Crippen molar-refractivity contribution in [1.82, 2.24) is 9.29 Å². The molecule has 0 aliphatic carbocycles. The van der Waals surface area contributed by atoms with Crippen molar-refractivity contribution in [3.63, 3.8) is 0 Å². The van der Waals surface area contributed by atoms with E-state index in [2.05, 4.69) is 4.98 Å². The number of nitrogens with zero attached hydrogens (tertiary/aromatic N) is 2. The maximum atomic E-state index is 13.8. The first-order valence-corrected chi connectivity index (χ1v) is 8.78. The molecule has 0 amide bonds. The van der Waals surface area contributed by atoms with Gasteiger partial charge >= 0.3 is 0 Å². The number of rotatable bonds is 4. The molecule has 120 valence electrons. The third kappa shape index (κ3) is 2.90. The Morgan fingerprint density at radius 3 is 2.23 bits per heavy atom. The van der Waals surface area contributed by atoms with Crippen LogP contribution in [0.3, 0.4) is 0 Å². The number of hydrogen-bond donors (Lipinski definition) is 0. The van der Waals surface area contributed by atoms with Crippen molar-refractivity contribution in [2.75, 3.05) is 7.05 Å². The van der Waals surface area contributed by atoms with Gasteiger partial charge in [-0.15, -0.1) is 11.3 Å². The molecule has 0 fully saturated rings. The predicted octanol–water partition coefficient (Wildman–Crippen LogP) is 3.42. The highest BCUT2D eigenvalue weighted by Gasteiger charge is 2.33. The first-order valence-electron chi connectivity index (χ1n) is 6.52. The molecule has 1 heterocycles. The Bertz CT molecular complexity index is 783. The van der Waals surface area contributed by atoms with Crippen molar-refractivity contribution in [1.29, 1.82) is 0 Å². The highest BCUT2D eigenvalue weighted by atomic mass is 32.2. The molecule has 1 aromatic heterocycles. The van der Waals surface area contributed by atoms with Gasteiger partial charge in [0, 0.05) is 11.9 Å². The summed E-state index contributed by atoms with van der Waals surface area (Å²) in [7, 11) is -3.02. The van der Waals surface area contributed by atoms with Crippen LogP contribution in [0.5, 0.6) is 0 Å². The van der Waals surface area contributed by atoms with Gasteiger partial charge in [-0.2, -0.15) is 4.31 Å². The van der Waals surface area contributed by atoms with Crippen molar-refractivity contribution in [2.45, 2.75) is 31.7 Å². The fourth-order valence-electron chi connectivity index (χ4n) is 2.19. The Kier molecular flexibility index (Phi) is 4.65. The average molecular weight is 346 g/mol. The normalized spacial score (nSPS) is 13.6. The molecule has 0 aliphatic rings. The Labute approximate surface area is 132 Å². The minimum Gasteiger partial charge on any atom is -0.245 e. The van der Waals surface area contributed by atoms with Gasteiger partial charge in [-0.05, 0) is 32.9 Å². The monoisotopic (exact) mass is 346 g/mol. The largest absolute Gasteiger partial charge is 0.249 e. The number of thiazole rings is 1. The molecular formula is C14H16F2N2O2S2. The molecule has 4 nitrogen and oxygen atoms in total. The van der Waals surface area contributed by atoms with Gasteiger partial charge in [0.15, 0.2) is 4.90 Å². The van der Waals surface area contributed by atoms with Gasteiger partial charge in [-0.25, -0.2) is 22.2 Å². The number of sulfonamides is 1. The van der Waals surface area contributed by atoms with Gasteiger partial charge in [0.1, 0.15) is 11.6 Å². The molecule has 0 spiro atoms. The van der Waals surface area contributed by atoms with Crippen molar-refractivity contribution in [2.24, 2.45) is 0 Å². The van der Waals surface area contributed by atoms with Gasteiger partial charge < -0.3 is 0 Å². The van der Waals surface area contributed by atoms with E-state index in [4.69, 9.17) is 0 Å². The van der Waals surface area contributed by atoms with Gasteiger partial charge in [0.25, 0.3) is 0 Å². The topological polar surface area (TPSA) is 50.3 Å². The molecule has 0 saturated heterocycles. The molecule has 1 atom stereocenters. The summed E-state index contributed by atoms with van der Waals surface area (Å²) in [5.74, 6) is -2.21. The third-order valence-corrected chi connectivity index (χ3v) is 6.32. The van der Waals surface area contributed by atoms with E-state index in [0.717, 1.165) is 32.4 Å². The second-order valence-electron chi connectivity index (χ2n) is 4.92. The van der Waals surface area contributed by atoms with Crippen LogP contribution in [-0.4, -0.2) is 24.8 Å². The molecule has 2 aromatic rings. The minimum absolute atomic E-state index is 0.588. The Hall–Kier alpha value is -1.38. The van der Waals surface area contributed by atoms with E-state index in [1.165, 1.54) is 18.4 Å². The van der Waals surface area contributed by atoms with Crippen LogP contribution in [0, 0.1) is 25.5 Å². The van der Waals surface area contributed by atoms with Crippen molar-refractivity contribution >= 4 is 21.4 Å². The zero-order valence-corrected chi connectivity index (χ0v) is 14.2. The van der Waals surface area contributed by atoms with E-state index in [9.17, 15) is 17.2 Å². The van der Waals surface area contributed by atoms with E-state index in [1.54, 1.807) is 6.92 Å². The smallest absolute Gasteiger partial charge is 0.245 e. The molecule has 0 saturated carbocycles. The van der Waals surface area contributed by atoms with Crippen LogP contribution in [0.25, 0.3) is 0 Å². The van der Waals surface area contributed by atoms with E-state index in [-0.39, 0.29) is 0 Å². The number of benzene rings is 1. The maximum absolute atomic E-state index is 13.8. The molecular weight excluding hydrogens is 330 g/mol. The van der Waals surface area contributed by atoms with E-state index >= 15 is 0 Å². The third-order valence-electron chi connectivity index (χ3n) is 3.44. The standard InChI is InChI=1S/C14H16F2N2O2S2/c1-8(13-9(2)21-10(3)17-13)18(4)22(19,20)14-11(15)6-5-7-12(14)16/h5-8H,1-4H3/t8-/m0/s1. The quantitative estimate of drug-likeness (QED) is 0.852.